The third-order valence-corrected chi connectivity index (χ3v) is 3.71. The highest BCUT2D eigenvalue weighted by molar-refractivity contribution is 5.83. The average Bonchev–Trinajstić information content (AvgIpc) is 3.02. The topological polar surface area (TPSA) is 74.8 Å². The number of carbonyl (C=O) groups excluding carboxylic acids is 1. The van der Waals surface area contributed by atoms with E-state index in [4.69, 9.17) is 0 Å². The lowest BCUT2D eigenvalue weighted by Crippen LogP contribution is -2.44. The van der Waals surface area contributed by atoms with Crippen LogP contribution in [0.15, 0.2) is 0 Å². The van der Waals surface area contributed by atoms with Gasteiger partial charge in [0, 0.05) is 18.0 Å². The lowest BCUT2D eigenvalue weighted by molar-refractivity contribution is -0.186. The first-order valence-corrected chi connectivity index (χ1v) is 5.61. The van der Waals surface area contributed by atoms with E-state index in [1.54, 1.807) is 0 Å². The van der Waals surface area contributed by atoms with E-state index < -0.39 is 18.1 Å². The summed E-state index contributed by atoms with van der Waals surface area (Å²) in [7, 11) is 0. The highest BCUT2D eigenvalue weighted by atomic mass is 19.4. The summed E-state index contributed by atoms with van der Waals surface area (Å²) in [5, 5.41) is 13.3. The molecule has 3 heterocycles. The Morgan fingerprint density at radius 2 is 2.17 bits per heavy atom. The minimum atomic E-state index is -4.81. The van der Waals surface area contributed by atoms with Gasteiger partial charge < -0.3 is 4.90 Å². The van der Waals surface area contributed by atoms with Gasteiger partial charge in [0.05, 0.1) is 0 Å². The van der Waals surface area contributed by atoms with Gasteiger partial charge in [0.2, 0.25) is 0 Å². The molecule has 98 valence electrons. The predicted octanol–water partition coefficient (Wildman–Crippen LogP) is 0.609. The number of amides is 1. The van der Waals surface area contributed by atoms with Crippen molar-refractivity contribution in [3.8, 4) is 0 Å². The molecule has 1 amide bonds. The molecule has 2 saturated heterocycles. The largest absolute Gasteiger partial charge is 0.471 e. The molecule has 18 heavy (non-hydrogen) atoms. The molecule has 0 saturated carbocycles. The van der Waals surface area contributed by atoms with Crippen LogP contribution in [-0.4, -0.2) is 49.7 Å². The van der Waals surface area contributed by atoms with E-state index in [0.29, 0.717) is 25.1 Å². The van der Waals surface area contributed by atoms with Gasteiger partial charge >= 0.3 is 12.1 Å². The second-order valence-corrected chi connectivity index (χ2v) is 4.62. The van der Waals surface area contributed by atoms with Crippen molar-refractivity contribution in [1.29, 1.82) is 0 Å². The SMILES string of the molecule is O=C(N1C2CCC1C(c1nn[nH]n1)C2)C(F)(F)F. The monoisotopic (exact) mass is 261 g/mol. The molecule has 1 aromatic heterocycles. The summed E-state index contributed by atoms with van der Waals surface area (Å²) in [5.74, 6) is -1.60. The number of hydrogen-bond donors (Lipinski definition) is 1. The Balaban J connectivity index is 1.85. The van der Waals surface area contributed by atoms with Gasteiger partial charge in [-0.05, 0) is 19.3 Å². The molecule has 3 rings (SSSR count). The zero-order valence-corrected chi connectivity index (χ0v) is 9.18. The Kier molecular flexibility index (Phi) is 2.32. The molecule has 2 fully saturated rings. The summed E-state index contributed by atoms with van der Waals surface area (Å²) in [6.07, 6.45) is -3.16. The Morgan fingerprint density at radius 3 is 2.78 bits per heavy atom. The third-order valence-electron chi connectivity index (χ3n) is 3.71. The van der Waals surface area contributed by atoms with Crippen LogP contribution in [-0.2, 0) is 4.79 Å². The summed E-state index contributed by atoms with van der Waals surface area (Å²) in [6.45, 7) is 0. The number of aromatic nitrogens is 4. The summed E-state index contributed by atoms with van der Waals surface area (Å²) in [5.41, 5.74) is 0. The number of H-pyrrole nitrogens is 1. The summed E-state index contributed by atoms with van der Waals surface area (Å²) >= 11 is 0. The molecule has 0 aromatic carbocycles. The van der Waals surface area contributed by atoms with Crippen LogP contribution >= 0.6 is 0 Å². The lowest BCUT2D eigenvalue weighted by Gasteiger charge is -2.24. The van der Waals surface area contributed by atoms with E-state index in [1.807, 2.05) is 0 Å². The van der Waals surface area contributed by atoms with Crippen LogP contribution in [0.3, 0.4) is 0 Å². The number of alkyl halides is 3. The molecule has 6 nitrogen and oxygen atoms in total. The molecule has 2 aliphatic heterocycles. The van der Waals surface area contributed by atoms with Gasteiger partial charge in [-0.15, -0.1) is 10.2 Å². The minimum absolute atomic E-state index is 0.242. The van der Waals surface area contributed by atoms with E-state index in [1.165, 1.54) is 0 Å². The summed E-state index contributed by atoms with van der Waals surface area (Å²) in [6, 6.07) is -0.811. The number of hydrogen-bond acceptors (Lipinski definition) is 4. The number of rotatable bonds is 1. The third kappa shape index (κ3) is 1.57. The number of nitrogens with zero attached hydrogens (tertiary/aromatic N) is 4. The fourth-order valence-corrected chi connectivity index (χ4v) is 3.06. The summed E-state index contributed by atoms with van der Waals surface area (Å²) in [4.78, 5) is 12.3. The van der Waals surface area contributed by atoms with Crippen molar-refractivity contribution in [1.82, 2.24) is 25.5 Å². The van der Waals surface area contributed by atoms with E-state index >= 15 is 0 Å². The van der Waals surface area contributed by atoms with Gasteiger partial charge in [-0.3, -0.25) is 4.79 Å². The molecule has 1 aromatic rings. The van der Waals surface area contributed by atoms with Crippen LogP contribution in [0.4, 0.5) is 13.2 Å². The number of tetrazole rings is 1. The second kappa shape index (κ2) is 3.66. The molecule has 0 radical (unpaired) electrons. The molecule has 9 heteroatoms. The van der Waals surface area contributed by atoms with Crippen molar-refractivity contribution in [2.45, 2.75) is 43.4 Å². The maximum Gasteiger partial charge on any atom is 0.471 e. The standard InChI is InChI=1S/C9H10F3N5O/c10-9(11,12)8(18)17-4-1-2-6(17)5(3-4)7-13-15-16-14-7/h4-6H,1-3H2,(H,13,14,15,16). The molecule has 2 bridgehead atoms. The number of aromatic amines is 1. The maximum absolute atomic E-state index is 12.5. The van der Waals surface area contributed by atoms with Crippen molar-refractivity contribution in [2.24, 2.45) is 0 Å². The second-order valence-electron chi connectivity index (χ2n) is 4.62. The van der Waals surface area contributed by atoms with Gasteiger partial charge in [-0.1, -0.05) is 5.21 Å². The van der Waals surface area contributed by atoms with Gasteiger partial charge in [0.1, 0.15) is 0 Å². The van der Waals surface area contributed by atoms with Crippen molar-refractivity contribution in [3.63, 3.8) is 0 Å². The highest BCUT2D eigenvalue weighted by Crippen LogP contribution is 2.47. The Hall–Kier alpha value is -1.67. The van der Waals surface area contributed by atoms with Gasteiger partial charge in [0.15, 0.2) is 5.82 Å². The molecule has 0 aliphatic carbocycles. The Morgan fingerprint density at radius 1 is 1.39 bits per heavy atom. The Labute approximate surface area is 99.5 Å². The van der Waals surface area contributed by atoms with Crippen molar-refractivity contribution >= 4 is 5.91 Å². The normalized spacial score (nSPS) is 31.1. The van der Waals surface area contributed by atoms with Crippen LogP contribution in [0.1, 0.15) is 31.0 Å². The fourth-order valence-electron chi connectivity index (χ4n) is 3.06. The molecule has 3 unspecified atom stereocenters. The first kappa shape index (κ1) is 11.4. The molecular weight excluding hydrogens is 251 g/mol. The molecule has 1 N–H and O–H groups in total. The number of carbonyl (C=O) groups is 1. The molecule has 0 spiro atoms. The predicted molar refractivity (Wildman–Crippen MR) is 51.2 cm³/mol. The molecule has 3 atom stereocenters. The van der Waals surface area contributed by atoms with Crippen LogP contribution in [0.25, 0.3) is 0 Å². The van der Waals surface area contributed by atoms with E-state index in [9.17, 15) is 18.0 Å². The zero-order valence-electron chi connectivity index (χ0n) is 9.18. The lowest BCUT2D eigenvalue weighted by atomic mass is 9.89. The zero-order chi connectivity index (χ0) is 12.9. The van der Waals surface area contributed by atoms with E-state index in [2.05, 4.69) is 20.6 Å². The van der Waals surface area contributed by atoms with Gasteiger partial charge in [0.25, 0.3) is 0 Å². The van der Waals surface area contributed by atoms with Crippen molar-refractivity contribution in [3.05, 3.63) is 5.82 Å². The van der Waals surface area contributed by atoms with E-state index in [0.717, 1.165) is 4.90 Å². The van der Waals surface area contributed by atoms with Crippen LogP contribution in [0, 0.1) is 0 Å². The quantitative estimate of drug-likeness (QED) is 0.803. The molecule has 2 aliphatic rings. The number of halogens is 3. The first-order chi connectivity index (χ1) is 8.48. The summed E-state index contributed by atoms with van der Waals surface area (Å²) < 4.78 is 37.5. The van der Waals surface area contributed by atoms with Crippen LogP contribution < -0.4 is 0 Å². The fraction of sp³-hybridized carbons (Fsp3) is 0.778. The number of fused-ring (bicyclic) bond motifs is 2. The van der Waals surface area contributed by atoms with Crippen LogP contribution in [0.2, 0.25) is 0 Å². The first-order valence-electron chi connectivity index (χ1n) is 5.61. The maximum atomic E-state index is 12.5. The van der Waals surface area contributed by atoms with Crippen molar-refractivity contribution in [2.75, 3.05) is 0 Å². The highest BCUT2D eigenvalue weighted by Gasteiger charge is 2.56. The van der Waals surface area contributed by atoms with Crippen LogP contribution in [0.5, 0.6) is 0 Å². The van der Waals surface area contributed by atoms with Gasteiger partial charge in [-0.25, -0.2) is 0 Å². The Bertz CT molecular complexity index is 459. The average molecular weight is 261 g/mol. The van der Waals surface area contributed by atoms with Gasteiger partial charge in [-0.2, -0.15) is 18.4 Å². The number of nitrogens with one attached hydrogen (secondary N) is 1. The minimum Gasteiger partial charge on any atom is -0.328 e. The smallest absolute Gasteiger partial charge is 0.328 e. The molecular formula is C9H10F3N5O. The van der Waals surface area contributed by atoms with E-state index in [-0.39, 0.29) is 12.0 Å². The van der Waals surface area contributed by atoms with Crippen molar-refractivity contribution < 1.29 is 18.0 Å².